The van der Waals surface area contributed by atoms with E-state index in [0.717, 1.165) is 17.7 Å². The molecule has 0 aliphatic heterocycles. The summed E-state index contributed by atoms with van der Waals surface area (Å²) in [5.74, 6) is 0.514. The van der Waals surface area contributed by atoms with Gasteiger partial charge in [-0.05, 0) is 25.3 Å². The Morgan fingerprint density at radius 2 is 1.89 bits per heavy atom. The SMILES string of the molecule is CCCOc1ccccc1C(C(=O)OCC)C(C)C. The lowest BCUT2D eigenvalue weighted by Crippen LogP contribution is -2.21. The van der Waals surface area contributed by atoms with Crippen LogP contribution in [0.25, 0.3) is 0 Å². The van der Waals surface area contributed by atoms with E-state index in [1.807, 2.05) is 45.0 Å². The van der Waals surface area contributed by atoms with E-state index in [1.54, 1.807) is 0 Å². The molecular weight excluding hydrogens is 240 g/mol. The van der Waals surface area contributed by atoms with Crippen molar-refractivity contribution in [2.75, 3.05) is 13.2 Å². The lowest BCUT2D eigenvalue weighted by Gasteiger charge is -2.22. The topological polar surface area (TPSA) is 35.5 Å². The van der Waals surface area contributed by atoms with E-state index in [9.17, 15) is 4.79 Å². The van der Waals surface area contributed by atoms with E-state index in [-0.39, 0.29) is 17.8 Å². The van der Waals surface area contributed by atoms with Crippen LogP contribution in [0.15, 0.2) is 24.3 Å². The van der Waals surface area contributed by atoms with Gasteiger partial charge in [-0.3, -0.25) is 4.79 Å². The predicted octanol–water partition coefficient (Wildman–Crippen LogP) is 3.78. The van der Waals surface area contributed by atoms with Crippen molar-refractivity contribution in [2.24, 2.45) is 5.92 Å². The summed E-state index contributed by atoms with van der Waals surface area (Å²) < 4.78 is 10.9. The van der Waals surface area contributed by atoms with Gasteiger partial charge in [0, 0.05) is 5.56 Å². The van der Waals surface area contributed by atoms with Gasteiger partial charge in [0.2, 0.25) is 0 Å². The van der Waals surface area contributed by atoms with Crippen molar-refractivity contribution in [3.05, 3.63) is 29.8 Å². The van der Waals surface area contributed by atoms with Gasteiger partial charge in [-0.1, -0.05) is 39.0 Å². The van der Waals surface area contributed by atoms with E-state index >= 15 is 0 Å². The first-order chi connectivity index (χ1) is 9.11. The quantitative estimate of drug-likeness (QED) is 0.703. The number of ether oxygens (including phenoxy) is 2. The number of benzene rings is 1. The molecule has 19 heavy (non-hydrogen) atoms. The van der Waals surface area contributed by atoms with Gasteiger partial charge in [0.05, 0.1) is 19.1 Å². The highest BCUT2D eigenvalue weighted by atomic mass is 16.5. The van der Waals surface area contributed by atoms with Crippen LogP contribution in [0.2, 0.25) is 0 Å². The third-order valence-electron chi connectivity index (χ3n) is 2.92. The highest BCUT2D eigenvalue weighted by Gasteiger charge is 2.28. The average molecular weight is 264 g/mol. The van der Waals surface area contributed by atoms with Crippen LogP contribution in [-0.2, 0) is 9.53 Å². The molecule has 0 aliphatic carbocycles. The van der Waals surface area contributed by atoms with Crippen LogP contribution in [0.3, 0.4) is 0 Å². The third kappa shape index (κ3) is 4.27. The molecule has 3 heteroatoms. The molecule has 1 atom stereocenters. The highest BCUT2D eigenvalue weighted by Crippen LogP contribution is 2.33. The molecule has 3 nitrogen and oxygen atoms in total. The Balaban J connectivity index is 3.04. The molecule has 1 aromatic carbocycles. The van der Waals surface area contributed by atoms with Crippen LogP contribution < -0.4 is 4.74 Å². The zero-order valence-electron chi connectivity index (χ0n) is 12.3. The molecular formula is C16H24O3. The smallest absolute Gasteiger partial charge is 0.313 e. The van der Waals surface area contributed by atoms with Crippen LogP contribution in [0.5, 0.6) is 5.75 Å². The monoisotopic (exact) mass is 264 g/mol. The second-order valence-electron chi connectivity index (χ2n) is 4.86. The van der Waals surface area contributed by atoms with Gasteiger partial charge in [-0.15, -0.1) is 0 Å². The van der Waals surface area contributed by atoms with Crippen molar-refractivity contribution in [1.29, 1.82) is 0 Å². The molecule has 1 unspecified atom stereocenters. The first-order valence-corrected chi connectivity index (χ1v) is 7.00. The fourth-order valence-corrected chi connectivity index (χ4v) is 2.07. The maximum absolute atomic E-state index is 12.1. The number of hydrogen-bond acceptors (Lipinski definition) is 3. The fourth-order valence-electron chi connectivity index (χ4n) is 2.07. The number of rotatable bonds is 7. The Hall–Kier alpha value is -1.51. The Labute approximate surface area is 115 Å². The summed E-state index contributed by atoms with van der Waals surface area (Å²) >= 11 is 0. The van der Waals surface area contributed by atoms with E-state index in [1.165, 1.54) is 0 Å². The average Bonchev–Trinajstić information content (AvgIpc) is 2.38. The van der Waals surface area contributed by atoms with Crippen LogP contribution >= 0.6 is 0 Å². The maximum Gasteiger partial charge on any atom is 0.313 e. The van der Waals surface area contributed by atoms with Crippen molar-refractivity contribution in [1.82, 2.24) is 0 Å². The lowest BCUT2D eigenvalue weighted by atomic mass is 9.88. The number of carbonyl (C=O) groups is 1. The van der Waals surface area contributed by atoms with E-state index in [0.29, 0.717) is 13.2 Å². The standard InChI is InChI=1S/C16H24O3/c1-5-11-19-14-10-8-7-9-13(14)15(12(3)4)16(17)18-6-2/h7-10,12,15H,5-6,11H2,1-4H3. The first-order valence-electron chi connectivity index (χ1n) is 7.00. The Morgan fingerprint density at radius 3 is 2.47 bits per heavy atom. The molecule has 0 saturated carbocycles. The van der Waals surface area contributed by atoms with Crippen molar-refractivity contribution < 1.29 is 14.3 Å². The van der Waals surface area contributed by atoms with Crippen LogP contribution in [-0.4, -0.2) is 19.2 Å². The minimum absolute atomic E-state index is 0.172. The Morgan fingerprint density at radius 1 is 1.21 bits per heavy atom. The van der Waals surface area contributed by atoms with Crippen molar-refractivity contribution in [3.8, 4) is 5.75 Å². The zero-order chi connectivity index (χ0) is 14.3. The zero-order valence-corrected chi connectivity index (χ0v) is 12.3. The van der Waals surface area contributed by atoms with Gasteiger partial charge in [0.1, 0.15) is 5.75 Å². The van der Waals surface area contributed by atoms with Gasteiger partial charge < -0.3 is 9.47 Å². The van der Waals surface area contributed by atoms with Gasteiger partial charge in [0.15, 0.2) is 0 Å². The molecule has 0 fully saturated rings. The molecule has 1 rings (SSSR count). The summed E-state index contributed by atoms with van der Waals surface area (Å²) in [6.45, 7) is 9.00. The second kappa shape index (κ2) is 7.82. The summed E-state index contributed by atoms with van der Waals surface area (Å²) in [4.78, 5) is 12.1. The Bertz CT molecular complexity index is 399. The van der Waals surface area contributed by atoms with Crippen molar-refractivity contribution >= 4 is 5.97 Å². The Kier molecular flexibility index (Phi) is 6.40. The summed E-state index contributed by atoms with van der Waals surface area (Å²) in [5.41, 5.74) is 0.921. The molecule has 0 aromatic heterocycles. The third-order valence-corrected chi connectivity index (χ3v) is 2.92. The molecule has 0 bridgehead atoms. The van der Waals surface area contributed by atoms with E-state index in [2.05, 4.69) is 6.92 Å². The maximum atomic E-state index is 12.1. The number of carbonyl (C=O) groups excluding carboxylic acids is 1. The number of para-hydroxylation sites is 1. The second-order valence-corrected chi connectivity index (χ2v) is 4.86. The van der Waals surface area contributed by atoms with E-state index < -0.39 is 0 Å². The van der Waals surface area contributed by atoms with E-state index in [4.69, 9.17) is 9.47 Å². The largest absolute Gasteiger partial charge is 0.493 e. The minimum atomic E-state index is -0.270. The van der Waals surface area contributed by atoms with Gasteiger partial charge >= 0.3 is 5.97 Å². The predicted molar refractivity (Wildman–Crippen MR) is 76.4 cm³/mol. The van der Waals surface area contributed by atoms with Crippen molar-refractivity contribution in [3.63, 3.8) is 0 Å². The summed E-state index contributed by atoms with van der Waals surface area (Å²) in [5, 5.41) is 0. The molecule has 1 aromatic rings. The van der Waals surface area contributed by atoms with Crippen molar-refractivity contribution in [2.45, 2.75) is 40.0 Å². The first kappa shape index (κ1) is 15.5. The fraction of sp³-hybridized carbons (Fsp3) is 0.562. The molecule has 0 aliphatic rings. The molecule has 0 radical (unpaired) electrons. The lowest BCUT2D eigenvalue weighted by molar-refractivity contribution is -0.146. The van der Waals surface area contributed by atoms with Crippen LogP contribution in [0.1, 0.15) is 45.6 Å². The molecule has 106 valence electrons. The van der Waals surface area contributed by atoms with Gasteiger partial charge in [-0.2, -0.15) is 0 Å². The summed E-state index contributed by atoms with van der Waals surface area (Å²) in [6, 6.07) is 7.73. The van der Waals surface area contributed by atoms with Gasteiger partial charge in [-0.25, -0.2) is 0 Å². The van der Waals surface area contributed by atoms with Gasteiger partial charge in [0.25, 0.3) is 0 Å². The summed E-state index contributed by atoms with van der Waals surface area (Å²) in [7, 11) is 0. The highest BCUT2D eigenvalue weighted by molar-refractivity contribution is 5.79. The summed E-state index contributed by atoms with van der Waals surface area (Å²) in [6.07, 6.45) is 0.945. The normalized spacial score (nSPS) is 12.3. The van der Waals surface area contributed by atoms with Crippen LogP contribution in [0, 0.1) is 5.92 Å². The number of esters is 1. The molecule has 0 amide bonds. The minimum Gasteiger partial charge on any atom is -0.493 e. The molecule has 0 heterocycles. The molecule has 0 saturated heterocycles. The molecule has 0 spiro atoms. The number of hydrogen-bond donors (Lipinski definition) is 0. The van der Waals surface area contributed by atoms with Crippen LogP contribution in [0.4, 0.5) is 0 Å². The molecule has 0 N–H and O–H groups in total.